The van der Waals surface area contributed by atoms with Crippen LogP contribution in [0.25, 0.3) is 33.4 Å². The molecule has 0 saturated carbocycles. The Balaban J connectivity index is 0.000000906. The molecule has 0 fully saturated rings. The second kappa shape index (κ2) is 11.4. The van der Waals surface area contributed by atoms with E-state index in [-0.39, 0.29) is 51.4 Å². The first-order valence-corrected chi connectivity index (χ1v) is 9.39. The molecule has 0 spiro atoms. The van der Waals surface area contributed by atoms with Gasteiger partial charge in [0.05, 0.1) is 0 Å². The van der Waals surface area contributed by atoms with Gasteiger partial charge in [-0.2, -0.15) is 30.3 Å². The van der Waals surface area contributed by atoms with E-state index in [0.29, 0.717) is 0 Å². The van der Waals surface area contributed by atoms with Crippen molar-refractivity contribution in [1.29, 1.82) is 0 Å². The van der Waals surface area contributed by atoms with Gasteiger partial charge in [0.15, 0.2) is 0 Å². The van der Waals surface area contributed by atoms with E-state index in [2.05, 4.69) is 84.7 Å². The van der Waals surface area contributed by atoms with Crippen molar-refractivity contribution in [2.45, 2.75) is 20.8 Å². The Labute approximate surface area is 211 Å². The molecule has 2 heteroatoms. The molecule has 0 aliphatic carbocycles. The Kier molecular flexibility index (Phi) is 9.29. The van der Waals surface area contributed by atoms with Gasteiger partial charge in [-0.15, -0.1) is 5.56 Å². The van der Waals surface area contributed by atoms with E-state index in [0.717, 1.165) is 0 Å². The molecule has 0 radical (unpaired) electrons. The number of benzene rings is 3. The van der Waals surface area contributed by atoms with Crippen LogP contribution in [0.1, 0.15) is 19.4 Å². The van der Waals surface area contributed by atoms with Gasteiger partial charge in [0.2, 0.25) is 0 Å². The quantitative estimate of drug-likeness (QED) is 0.378. The molecule has 0 N–H and O–H groups in total. The molecule has 0 unspecified atom stereocenters. The standard InChI is InChI=1S/C24H18N.C2H6.K/c1-18-7-9-20(10-8-18)23-15-22(19-5-3-2-4-6-19)16-24(17-23)21-11-13-25-14-12-21;1-2;/h3-17H,1H3;1-2H3;/q-1;;+1. The Morgan fingerprint density at radius 1 is 0.571 bits per heavy atom. The fourth-order valence-electron chi connectivity index (χ4n) is 3.00. The summed E-state index contributed by atoms with van der Waals surface area (Å²) in [5.74, 6) is 0. The predicted octanol–water partition coefficient (Wildman–Crippen LogP) is 4.22. The van der Waals surface area contributed by atoms with Gasteiger partial charge in [-0.05, 0) is 65.1 Å². The van der Waals surface area contributed by atoms with Crippen molar-refractivity contribution in [3.8, 4) is 33.4 Å². The van der Waals surface area contributed by atoms with E-state index in [1.165, 1.54) is 38.9 Å². The molecule has 1 heterocycles. The summed E-state index contributed by atoms with van der Waals surface area (Å²) < 4.78 is 0. The third-order valence-corrected chi connectivity index (χ3v) is 4.38. The minimum atomic E-state index is 0. The van der Waals surface area contributed by atoms with Gasteiger partial charge in [0, 0.05) is 12.4 Å². The number of aromatic nitrogens is 1. The van der Waals surface area contributed by atoms with Crippen LogP contribution in [0.5, 0.6) is 0 Å². The van der Waals surface area contributed by atoms with Crippen LogP contribution in [-0.4, -0.2) is 4.98 Å². The molecule has 28 heavy (non-hydrogen) atoms. The Bertz CT molecular complexity index is 920. The second-order valence-electron chi connectivity index (χ2n) is 6.19. The first-order chi connectivity index (χ1) is 13.3. The Hall–Kier alpha value is -1.55. The summed E-state index contributed by atoms with van der Waals surface area (Å²) in [4.78, 5) is 4.14. The second-order valence-corrected chi connectivity index (χ2v) is 6.19. The smallest absolute Gasteiger partial charge is 0.265 e. The van der Waals surface area contributed by atoms with Crippen LogP contribution in [0.2, 0.25) is 0 Å². The minimum absolute atomic E-state index is 0. The van der Waals surface area contributed by atoms with Crippen LogP contribution in [-0.2, 0) is 0 Å². The van der Waals surface area contributed by atoms with Crippen LogP contribution in [0.4, 0.5) is 0 Å². The minimum Gasteiger partial charge on any atom is -0.265 e. The Morgan fingerprint density at radius 2 is 1.00 bits per heavy atom. The molecule has 0 bridgehead atoms. The van der Waals surface area contributed by atoms with Gasteiger partial charge >= 0.3 is 51.4 Å². The number of hydrogen-bond donors (Lipinski definition) is 0. The van der Waals surface area contributed by atoms with Crippen LogP contribution in [0, 0.1) is 13.0 Å². The van der Waals surface area contributed by atoms with Gasteiger partial charge in [-0.3, -0.25) is 4.98 Å². The summed E-state index contributed by atoms with van der Waals surface area (Å²) in [6.45, 7) is 6.11. The van der Waals surface area contributed by atoms with E-state index >= 15 is 0 Å². The third kappa shape index (κ3) is 5.73. The topological polar surface area (TPSA) is 12.9 Å². The summed E-state index contributed by atoms with van der Waals surface area (Å²) in [6, 6.07) is 30.7. The maximum atomic E-state index is 4.14. The maximum absolute atomic E-state index is 4.14. The van der Waals surface area contributed by atoms with Crippen molar-refractivity contribution in [1.82, 2.24) is 4.98 Å². The van der Waals surface area contributed by atoms with Crippen LogP contribution in [0.3, 0.4) is 0 Å². The van der Waals surface area contributed by atoms with Gasteiger partial charge in [-0.25, -0.2) is 0 Å². The number of pyridine rings is 1. The summed E-state index contributed by atoms with van der Waals surface area (Å²) in [6.07, 6.45) is 3.68. The Morgan fingerprint density at radius 3 is 1.50 bits per heavy atom. The molecular formula is C26H24KN. The van der Waals surface area contributed by atoms with E-state index in [4.69, 9.17) is 0 Å². The van der Waals surface area contributed by atoms with Crippen LogP contribution < -0.4 is 51.4 Å². The summed E-state index contributed by atoms with van der Waals surface area (Å²) in [5, 5.41) is 0. The van der Waals surface area contributed by atoms with Crippen molar-refractivity contribution in [2.24, 2.45) is 0 Å². The molecule has 3 aromatic carbocycles. The molecule has 0 atom stereocenters. The molecule has 134 valence electrons. The zero-order valence-electron chi connectivity index (χ0n) is 17.1. The van der Waals surface area contributed by atoms with Crippen molar-refractivity contribution in [2.75, 3.05) is 0 Å². The summed E-state index contributed by atoms with van der Waals surface area (Å²) in [7, 11) is 0. The fraction of sp³-hybridized carbons (Fsp3) is 0.115. The van der Waals surface area contributed by atoms with Crippen molar-refractivity contribution in [3.05, 3.63) is 103 Å². The van der Waals surface area contributed by atoms with Gasteiger partial charge in [-0.1, -0.05) is 43.7 Å². The molecule has 0 aliphatic rings. The normalized spacial score (nSPS) is 9.68. The SMILES string of the molecule is CC.Cc1ccc(-c2cc(-c3cc[c-]cc3)cc(-c3ccncc3)c2)cc1.[K+]. The molecule has 4 aromatic rings. The van der Waals surface area contributed by atoms with Crippen LogP contribution in [0.15, 0.2) is 91.3 Å². The van der Waals surface area contributed by atoms with Crippen molar-refractivity contribution in [3.63, 3.8) is 0 Å². The van der Waals surface area contributed by atoms with Gasteiger partial charge in [0.1, 0.15) is 0 Å². The summed E-state index contributed by atoms with van der Waals surface area (Å²) in [5.41, 5.74) is 8.49. The molecule has 0 amide bonds. The zero-order valence-corrected chi connectivity index (χ0v) is 20.2. The molecule has 4 rings (SSSR count). The van der Waals surface area contributed by atoms with E-state index in [1.54, 1.807) is 0 Å². The molecule has 0 saturated heterocycles. The number of rotatable bonds is 3. The molecule has 1 nitrogen and oxygen atoms in total. The maximum Gasteiger partial charge on any atom is 1.00 e. The van der Waals surface area contributed by atoms with Crippen molar-refractivity contribution >= 4 is 0 Å². The van der Waals surface area contributed by atoms with E-state index < -0.39 is 0 Å². The first-order valence-electron chi connectivity index (χ1n) is 9.39. The average molecular weight is 390 g/mol. The average Bonchev–Trinajstić information content (AvgIpc) is 2.76. The fourth-order valence-corrected chi connectivity index (χ4v) is 3.00. The van der Waals surface area contributed by atoms with Gasteiger partial charge < -0.3 is 0 Å². The number of nitrogens with zero attached hydrogens (tertiary/aromatic N) is 1. The van der Waals surface area contributed by atoms with E-state index in [1.807, 2.05) is 38.4 Å². The first kappa shape index (κ1) is 22.7. The largest absolute Gasteiger partial charge is 1.00 e. The summed E-state index contributed by atoms with van der Waals surface area (Å²) >= 11 is 0. The monoisotopic (exact) mass is 389 g/mol. The van der Waals surface area contributed by atoms with E-state index in [9.17, 15) is 0 Å². The predicted molar refractivity (Wildman–Crippen MR) is 115 cm³/mol. The third-order valence-electron chi connectivity index (χ3n) is 4.38. The number of aryl methyl sites for hydroxylation is 1. The molecule has 1 aromatic heterocycles. The number of hydrogen-bond acceptors (Lipinski definition) is 1. The van der Waals surface area contributed by atoms with Gasteiger partial charge in [0.25, 0.3) is 0 Å². The molecular weight excluding hydrogens is 365 g/mol. The molecule has 0 aliphatic heterocycles. The van der Waals surface area contributed by atoms with Crippen LogP contribution >= 0.6 is 0 Å². The van der Waals surface area contributed by atoms with Crippen molar-refractivity contribution < 1.29 is 51.4 Å². The zero-order chi connectivity index (χ0) is 19.1.